The summed E-state index contributed by atoms with van der Waals surface area (Å²) in [6, 6.07) is 7.38. The molecule has 2 unspecified atom stereocenters. The number of allylic oxidation sites excluding steroid dienone is 2. The van der Waals surface area contributed by atoms with Crippen molar-refractivity contribution < 1.29 is 14.7 Å². The van der Waals surface area contributed by atoms with Gasteiger partial charge in [0.15, 0.2) is 0 Å². The van der Waals surface area contributed by atoms with Gasteiger partial charge in [-0.05, 0) is 68.5 Å². The van der Waals surface area contributed by atoms with Crippen LogP contribution in [0.1, 0.15) is 81.3 Å². The molecule has 4 N–H and O–H groups in total. The second-order valence-electron chi connectivity index (χ2n) is 9.02. The van der Waals surface area contributed by atoms with E-state index in [1.807, 2.05) is 12.1 Å². The Hall–Kier alpha value is -2.14. The maximum atomic E-state index is 12.9. The van der Waals surface area contributed by atoms with Crippen LogP contribution in [0.15, 0.2) is 36.4 Å². The summed E-state index contributed by atoms with van der Waals surface area (Å²) >= 11 is 0. The maximum Gasteiger partial charge on any atom is 0.326 e. The van der Waals surface area contributed by atoms with E-state index in [2.05, 4.69) is 29.6 Å². The molecular formula is C25H36N2O3. The second kappa shape index (κ2) is 10.8. The highest BCUT2D eigenvalue weighted by atomic mass is 16.4. The van der Waals surface area contributed by atoms with Crippen molar-refractivity contribution >= 4 is 11.9 Å². The molecule has 0 radical (unpaired) electrons. The number of benzene rings is 1. The van der Waals surface area contributed by atoms with Crippen LogP contribution >= 0.6 is 0 Å². The Morgan fingerprint density at radius 1 is 1.10 bits per heavy atom. The molecule has 1 saturated carbocycles. The Morgan fingerprint density at radius 2 is 1.83 bits per heavy atom. The zero-order valence-corrected chi connectivity index (χ0v) is 17.9. The topological polar surface area (TPSA) is 92.4 Å². The molecule has 0 aromatic heterocycles. The predicted octanol–water partition coefficient (Wildman–Crippen LogP) is 4.31. The van der Waals surface area contributed by atoms with Crippen LogP contribution in [-0.4, -0.2) is 29.6 Å². The van der Waals surface area contributed by atoms with Crippen LogP contribution in [0.25, 0.3) is 0 Å². The summed E-state index contributed by atoms with van der Waals surface area (Å²) < 4.78 is 0. The zero-order valence-electron chi connectivity index (χ0n) is 17.9. The average molecular weight is 413 g/mol. The van der Waals surface area contributed by atoms with Crippen molar-refractivity contribution in [3.8, 4) is 0 Å². The Labute approximate surface area is 180 Å². The Balaban J connectivity index is 1.64. The molecule has 3 rings (SSSR count). The SMILES string of the molecule is NCCC1(C(=O)NC(Cc2ccc(C3C/C=C\CCCC3)cc2)C(=O)O)CCCC1. The van der Waals surface area contributed by atoms with Crippen LogP contribution in [0, 0.1) is 5.41 Å². The van der Waals surface area contributed by atoms with Crippen LogP contribution in [0.4, 0.5) is 0 Å². The largest absolute Gasteiger partial charge is 0.480 e. The number of amides is 1. The lowest BCUT2D eigenvalue weighted by atomic mass is 9.81. The Kier molecular flexibility index (Phi) is 8.08. The summed E-state index contributed by atoms with van der Waals surface area (Å²) in [5.41, 5.74) is 7.50. The lowest BCUT2D eigenvalue weighted by Crippen LogP contribution is -2.49. The van der Waals surface area contributed by atoms with Crippen molar-refractivity contribution in [2.75, 3.05) is 6.54 Å². The van der Waals surface area contributed by atoms with Gasteiger partial charge in [0.05, 0.1) is 5.41 Å². The third-order valence-electron chi connectivity index (χ3n) is 6.92. The van der Waals surface area contributed by atoms with Gasteiger partial charge in [-0.1, -0.05) is 55.7 Å². The molecule has 5 heteroatoms. The van der Waals surface area contributed by atoms with Crippen molar-refractivity contribution in [3.05, 3.63) is 47.5 Å². The van der Waals surface area contributed by atoms with Gasteiger partial charge in [0, 0.05) is 6.42 Å². The zero-order chi connectivity index (χ0) is 21.4. The van der Waals surface area contributed by atoms with E-state index in [9.17, 15) is 14.7 Å². The fraction of sp³-hybridized carbons (Fsp3) is 0.600. The van der Waals surface area contributed by atoms with Gasteiger partial charge in [-0.2, -0.15) is 0 Å². The molecule has 2 aliphatic rings. The fourth-order valence-electron chi connectivity index (χ4n) is 5.04. The monoisotopic (exact) mass is 412 g/mol. The third kappa shape index (κ3) is 5.72. The highest BCUT2D eigenvalue weighted by Crippen LogP contribution is 2.41. The standard InChI is InChI=1S/C25H36N2O3/c26-17-16-25(14-6-7-15-25)24(30)27-22(23(28)29)18-19-10-12-21(13-11-19)20-8-4-2-1-3-5-9-20/h2,4,10-13,20,22H,1,3,5-9,14-18,26H2,(H,27,30)(H,28,29)/b4-2-. The van der Waals surface area contributed by atoms with Gasteiger partial charge in [-0.3, -0.25) is 4.79 Å². The Bertz CT molecular complexity index is 735. The normalized spacial score (nSPS) is 23.2. The quantitative estimate of drug-likeness (QED) is 0.555. The van der Waals surface area contributed by atoms with Gasteiger partial charge >= 0.3 is 5.97 Å². The number of hydrogen-bond acceptors (Lipinski definition) is 3. The first-order chi connectivity index (χ1) is 14.5. The van der Waals surface area contributed by atoms with Crippen molar-refractivity contribution in [1.29, 1.82) is 0 Å². The minimum absolute atomic E-state index is 0.143. The second-order valence-corrected chi connectivity index (χ2v) is 9.02. The summed E-state index contributed by atoms with van der Waals surface area (Å²) in [4.78, 5) is 24.8. The molecule has 164 valence electrons. The highest BCUT2D eigenvalue weighted by Gasteiger charge is 2.41. The predicted molar refractivity (Wildman–Crippen MR) is 119 cm³/mol. The minimum atomic E-state index is -0.988. The van der Waals surface area contributed by atoms with Crippen LogP contribution in [0.5, 0.6) is 0 Å². The summed E-state index contributed by atoms with van der Waals surface area (Å²) in [5.74, 6) is -0.599. The molecule has 1 aromatic carbocycles. The van der Waals surface area contributed by atoms with Crippen LogP contribution in [-0.2, 0) is 16.0 Å². The van der Waals surface area contributed by atoms with Gasteiger partial charge in [-0.25, -0.2) is 4.79 Å². The van der Waals surface area contributed by atoms with Gasteiger partial charge in [0.25, 0.3) is 0 Å². The van der Waals surface area contributed by atoms with Crippen molar-refractivity contribution in [3.63, 3.8) is 0 Å². The van der Waals surface area contributed by atoms with E-state index < -0.39 is 17.4 Å². The molecule has 1 aromatic rings. The summed E-state index contributed by atoms with van der Waals surface area (Å²) in [7, 11) is 0. The fourth-order valence-corrected chi connectivity index (χ4v) is 5.04. The highest BCUT2D eigenvalue weighted by molar-refractivity contribution is 5.87. The molecule has 0 spiro atoms. The van der Waals surface area contributed by atoms with Gasteiger partial charge in [0.2, 0.25) is 5.91 Å². The first-order valence-corrected chi connectivity index (χ1v) is 11.5. The third-order valence-corrected chi connectivity index (χ3v) is 6.92. The number of nitrogens with two attached hydrogens (primary N) is 1. The number of carboxylic acid groups (broad SMARTS) is 1. The van der Waals surface area contributed by atoms with E-state index in [4.69, 9.17) is 5.73 Å². The molecule has 2 atom stereocenters. The van der Waals surface area contributed by atoms with E-state index in [0.717, 1.165) is 37.7 Å². The van der Waals surface area contributed by atoms with Crippen LogP contribution in [0.2, 0.25) is 0 Å². The lowest BCUT2D eigenvalue weighted by Gasteiger charge is -2.29. The number of hydrogen-bond donors (Lipinski definition) is 3. The van der Waals surface area contributed by atoms with E-state index in [1.54, 1.807) is 0 Å². The molecule has 0 saturated heterocycles. The first kappa shape index (κ1) is 22.5. The lowest BCUT2D eigenvalue weighted by molar-refractivity contribution is -0.144. The number of nitrogens with one attached hydrogen (secondary N) is 1. The number of aliphatic carboxylic acids is 1. The molecule has 2 aliphatic carbocycles. The number of carboxylic acids is 1. The molecule has 5 nitrogen and oxygen atoms in total. The molecule has 1 fully saturated rings. The molecule has 0 bridgehead atoms. The van der Waals surface area contributed by atoms with Gasteiger partial charge in [-0.15, -0.1) is 0 Å². The average Bonchev–Trinajstić information content (AvgIpc) is 3.18. The van der Waals surface area contributed by atoms with E-state index in [1.165, 1.54) is 31.2 Å². The van der Waals surface area contributed by atoms with Gasteiger partial charge in [0.1, 0.15) is 6.04 Å². The van der Waals surface area contributed by atoms with E-state index in [-0.39, 0.29) is 5.91 Å². The van der Waals surface area contributed by atoms with Gasteiger partial charge < -0.3 is 16.2 Å². The smallest absolute Gasteiger partial charge is 0.326 e. The Morgan fingerprint density at radius 3 is 2.50 bits per heavy atom. The molecular weight excluding hydrogens is 376 g/mol. The van der Waals surface area contributed by atoms with Crippen molar-refractivity contribution in [2.24, 2.45) is 11.1 Å². The molecule has 0 heterocycles. The summed E-state index contributed by atoms with van der Waals surface area (Å²) in [5, 5.41) is 12.5. The molecule has 1 amide bonds. The number of carbonyl (C=O) groups excluding carboxylic acids is 1. The summed E-state index contributed by atoms with van der Waals surface area (Å²) in [6.45, 7) is 0.447. The van der Waals surface area contributed by atoms with E-state index in [0.29, 0.717) is 25.3 Å². The number of rotatable bonds is 8. The van der Waals surface area contributed by atoms with E-state index >= 15 is 0 Å². The molecule has 30 heavy (non-hydrogen) atoms. The van der Waals surface area contributed by atoms with Crippen molar-refractivity contribution in [1.82, 2.24) is 5.32 Å². The molecule has 0 aliphatic heterocycles. The van der Waals surface area contributed by atoms with Crippen LogP contribution < -0.4 is 11.1 Å². The van der Waals surface area contributed by atoms with Crippen LogP contribution in [0.3, 0.4) is 0 Å². The summed E-state index contributed by atoms with van der Waals surface area (Å²) in [6.07, 6.45) is 15.0. The number of carbonyl (C=O) groups is 2. The maximum absolute atomic E-state index is 12.9. The first-order valence-electron chi connectivity index (χ1n) is 11.5. The minimum Gasteiger partial charge on any atom is -0.480 e. The van der Waals surface area contributed by atoms with Crippen molar-refractivity contribution in [2.45, 2.75) is 82.6 Å².